The van der Waals surface area contributed by atoms with Crippen molar-refractivity contribution in [1.29, 1.82) is 0 Å². The molecule has 102 valence electrons. The molecular formula is C13H15ClN2O3. The molecule has 0 saturated carbocycles. The molecule has 0 saturated heterocycles. The molecule has 0 aliphatic rings. The molecule has 0 spiro atoms. The number of anilines is 1. The molecular weight excluding hydrogens is 268 g/mol. The van der Waals surface area contributed by atoms with Crippen LogP contribution in [0, 0.1) is 0 Å². The SMILES string of the molecule is CC(C)=CCNC(=O)Nc1ccc(Cl)c(C(=O)O)c1. The lowest BCUT2D eigenvalue weighted by Crippen LogP contribution is -2.28. The molecule has 0 fully saturated rings. The van der Waals surface area contributed by atoms with Gasteiger partial charge in [-0.1, -0.05) is 23.3 Å². The average Bonchev–Trinajstić information content (AvgIpc) is 2.30. The van der Waals surface area contributed by atoms with E-state index in [4.69, 9.17) is 16.7 Å². The van der Waals surface area contributed by atoms with Crippen molar-refractivity contribution in [2.24, 2.45) is 0 Å². The van der Waals surface area contributed by atoms with Crippen LogP contribution in [-0.2, 0) is 0 Å². The first-order valence-corrected chi connectivity index (χ1v) is 5.99. The fourth-order valence-electron chi connectivity index (χ4n) is 1.29. The topological polar surface area (TPSA) is 78.4 Å². The predicted octanol–water partition coefficient (Wildman–Crippen LogP) is 3.13. The lowest BCUT2D eigenvalue weighted by molar-refractivity contribution is 0.0697. The summed E-state index contributed by atoms with van der Waals surface area (Å²) in [6.45, 7) is 4.27. The third kappa shape index (κ3) is 5.01. The van der Waals surface area contributed by atoms with E-state index in [0.717, 1.165) is 5.57 Å². The Morgan fingerprint density at radius 2 is 2.05 bits per heavy atom. The van der Waals surface area contributed by atoms with Gasteiger partial charge in [-0.05, 0) is 32.0 Å². The second-order valence-corrected chi connectivity index (χ2v) is 4.52. The maximum Gasteiger partial charge on any atom is 0.337 e. The van der Waals surface area contributed by atoms with Crippen molar-refractivity contribution in [2.75, 3.05) is 11.9 Å². The monoisotopic (exact) mass is 282 g/mol. The number of rotatable bonds is 4. The van der Waals surface area contributed by atoms with Crippen molar-refractivity contribution in [2.45, 2.75) is 13.8 Å². The molecule has 0 heterocycles. The average molecular weight is 283 g/mol. The van der Waals surface area contributed by atoms with Gasteiger partial charge in [0.15, 0.2) is 0 Å². The Bertz CT molecular complexity index is 523. The van der Waals surface area contributed by atoms with Gasteiger partial charge in [-0.15, -0.1) is 0 Å². The number of urea groups is 1. The van der Waals surface area contributed by atoms with Crippen LogP contribution in [0.15, 0.2) is 29.8 Å². The predicted molar refractivity (Wildman–Crippen MR) is 74.9 cm³/mol. The van der Waals surface area contributed by atoms with Crippen LogP contribution in [0.2, 0.25) is 5.02 Å². The molecule has 1 aromatic rings. The van der Waals surface area contributed by atoms with E-state index in [9.17, 15) is 9.59 Å². The number of carbonyl (C=O) groups excluding carboxylic acids is 1. The Labute approximate surface area is 116 Å². The molecule has 19 heavy (non-hydrogen) atoms. The van der Waals surface area contributed by atoms with Crippen LogP contribution in [0.3, 0.4) is 0 Å². The largest absolute Gasteiger partial charge is 0.478 e. The number of hydrogen-bond donors (Lipinski definition) is 3. The molecule has 6 heteroatoms. The fraction of sp³-hybridized carbons (Fsp3) is 0.231. The smallest absolute Gasteiger partial charge is 0.337 e. The number of nitrogens with one attached hydrogen (secondary N) is 2. The summed E-state index contributed by atoms with van der Waals surface area (Å²) in [5, 5.41) is 14.2. The number of carbonyl (C=O) groups is 2. The van der Waals surface area contributed by atoms with Gasteiger partial charge in [0, 0.05) is 12.2 Å². The number of aromatic carboxylic acids is 1. The van der Waals surface area contributed by atoms with Gasteiger partial charge in [-0.2, -0.15) is 0 Å². The Hall–Kier alpha value is -2.01. The molecule has 1 aromatic carbocycles. The third-order valence-electron chi connectivity index (χ3n) is 2.23. The number of allylic oxidation sites excluding steroid dienone is 1. The zero-order chi connectivity index (χ0) is 14.4. The second-order valence-electron chi connectivity index (χ2n) is 4.12. The highest BCUT2D eigenvalue weighted by atomic mass is 35.5. The highest BCUT2D eigenvalue weighted by Crippen LogP contribution is 2.20. The maximum absolute atomic E-state index is 11.5. The zero-order valence-electron chi connectivity index (χ0n) is 10.7. The minimum absolute atomic E-state index is 0.0521. The summed E-state index contributed by atoms with van der Waals surface area (Å²) in [6, 6.07) is 3.87. The van der Waals surface area contributed by atoms with Crippen molar-refractivity contribution in [3.63, 3.8) is 0 Å². The fourth-order valence-corrected chi connectivity index (χ4v) is 1.49. The highest BCUT2D eigenvalue weighted by molar-refractivity contribution is 6.33. The van der Waals surface area contributed by atoms with Gasteiger partial charge in [-0.25, -0.2) is 9.59 Å². The highest BCUT2D eigenvalue weighted by Gasteiger charge is 2.10. The molecule has 2 amide bonds. The van der Waals surface area contributed by atoms with E-state index in [1.807, 2.05) is 19.9 Å². The van der Waals surface area contributed by atoms with E-state index < -0.39 is 12.0 Å². The lowest BCUT2D eigenvalue weighted by atomic mass is 10.2. The first kappa shape index (κ1) is 15.0. The van der Waals surface area contributed by atoms with Gasteiger partial charge in [0.2, 0.25) is 0 Å². The number of benzene rings is 1. The first-order chi connectivity index (χ1) is 8.90. The van der Waals surface area contributed by atoms with Crippen LogP contribution in [0.25, 0.3) is 0 Å². The number of hydrogen-bond acceptors (Lipinski definition) is 2. The lowest BCUT2D eigenvalue weighted by Gasteiger charge is -2.07. The summed E-state index contributed by atoms with van der Waals surface area (Å²) in [5.74, 6) is -1.14. The summed E-state index contributed by atoms with van der Waals surface area (Å²) >= 11 is 5.73. The van der Waals surface area contributed by atoms with E-state index in [0.29, 0.717) is 12.2 Å². The van der Waals surface area contributed by atoms with Crippen molar-refractivity contribution < 1.29 is 14.7 Å². The van der Waals surface area contributed by atoms with Crippen LogP contribution in [-0.4, -0.2) is 23.7 Å². The minimum atomic E-state index is -1.14. The molecule has 0 aromatic heterocycles. The molecule has 1 rings (SSSR count). The molecule has 3 N–H and O–H groups in total. The van der Waals surface area contributed by atoms with E-state index in [1.54, 1.807) is 0 Å². The number of carboxylic acid groups (broad SMARTS) is 1. The van der Waals surface area contributed by atoms with Crippen LogP contribution in [0.5, 0.6) is 0 Å². The van der Waals surface area contributed by atoms with Gasteiger partial charge in [-0.3, -0.25) is 0 Å². The Balaban J connectivity index is 2.67. The maximum atomic E-state index is 11.5. The number of carboxylic acids is 1. The van der Waals surface area contributed by atoms with E-state index in [-0.39, 0.29) is 10.6 Å². The third-order valence-corrected chi connectivity index (χ3v) is 2.56. The summed E-state index contributed by atoms with van der Waals surface area (Å²) in [5.41, 5.74) is 1.42. The number of halogens is 1. The van der Waals surface area contributed by atoms with Crippen LogP contribution in [0.1, 0.15) is 24.2 Å². The molecule has 0 unspecified atom stereocenters. The van der Waals surface area contributed by atoms with Gasteiger partial charge in [0.25, 0.3) is 0 Å². The number of amides is 2. The van der Waals surface area contributed by atoms with Crippen molar-refractivity contribution in [1.82, 2.24) is 5.32 Å². The van der Waals surface area contributed by atoms with Crippen molar-refractivity contribution >= 4 is 29.3 Å². The normalized spacial score (nSPS) is 9.63. The molecule has 0 aliphatic carbocycles. The first-order valence-electron chi connectivity index (χ1n) is 5.61. The molecule has 0 atom stereocenters. The Kier molecular flexibility index (Phi) is 5.38. The van der Waals surface area contributed by atoms with Crippen molar-refractivity contribution in [3.8, 4) is 0 Å². The quantitative estimate of drug-likeness (QED) is 0.742. The van der Waals surface area contributed by atoms with Gasteiger partial charge in [0.05, 0.1) is 10.6 Å². The zero-order valence-corrected chi connectivity index (χ0v) is 11.4. The van der Waals surface area contributed by atoms with E-state index in [1.165, 1.54) is 18.2 Å². The van der Waals surface area contributed by atoms with Gasteiger partial charge >= 0.3 is 12.0 Å². The summed E-state index contributed by atoms with van der Waals surface area (Å²) in [7, 11) is 0. The molecule has 5 nitrogen and oxygen atoms in total. The molecule has 0 radical (unpaired) electrons. The van der Waals surface area contributed by atoms with Gasteiger partial charge < -0.3 is 15.7 Å². The standard InChI is InChI=1S/C13H15ClN2O3/c1-8(2)5-6-15-13(19)16-9-3-4-11(14)10(7-9)12(17)18/h3-5,7H,6H2,1-2H3,(H,17,18)(H2,15,16,19). The Morgan fingerprint density at radius 3 is 2.63 bits per heavy atom. The molecule has 0 bridgehead atoms. The van der Waals surface area contributed by atoms with Crippen LogP contribution >= 0.6 is 11.6 Å². The van der Waals surface area contributed by atoms with Crippen LogP contribution in [0.4, 0.5) is 10.5 Å². The summed E-state index contributed by atoms with van der Waals surface area (Å²) < 4.78 is 0. The van der Waals surface area contributed by atoms with Crippen LogP contribution < -0.4 is 10.6 Å². The van der Waals surface area contributed by atoms with Gasteiger partial charge in [0.1, 0.15) is 0 Å². The van der Waals surface area contributed by atoms with Crippen molar-refractivity contribution in [3.05, 3.63) is 40.4 Å². The summed E-state index contributed by atoms with van der Waals surface area (Å²) in [4.78, 5) is 22.4. The Morgan fingerprint density at radius 1 is 1.37 bits per heavy atom. The van der Waals surface area contributed by atoms with E-state index in [2.05, 4.69) is 10.6 Å². The van der Waals surface area contributed by atoms with E-state index >= 15 is 0 Å². The summed E-state index contributed by atoms with van der Waals surface area (Å²) in [6.07, 6.45) is 1.87. The minimum Gasteiger partial charge on any atom is -0.478 e. The molecule has 0 aliphatic heterocycles. The second kappa shape index (κ2) is 6.80.